The molecule has 0 radical (unpaired) electrons. The number of nitrogens with two attached hydrogens (primary N) is 1. The second-order valence-electron chi connectivity index (χ2n) is 4.02. The van der Waals surface area contributed by atoms with Gasteiger partial charge >= 0.3 is 5.51 Å². The van der Waals surface area contributed by atoms with Gasteiger partial charge in [0.2, 0.25) is 0 Å². The molecule has 0 amide bonds. The summed E-state index contributed by atoms with van der Waals surface area (Å²) in [5, 5.41) is 0. The van der Waals surface area contributed by atoms with Crippen molar-refractivity contribution in [3.8, 4) is 11.3 Å². The maximum Gasteiger partial charge on any atom is 0.446 e. The van der Waals surface area contributed by atoms with Crippen molar-refractivity contribution in [3.05, 3.63) is 30.1 Å². The van der Waals surface area contributed by atoms with Gasteiger partial charge in [0, 0.05) is 17.5 Å². The first kappa shape index (κ1) is 13.8. The van der Waals surface area contributed by atoms with E-state index in [-0.39, 0.29) is 16.7 Å². The van der Waals surface area contributed by atoms with E-state index in [1.54, 1.807) is 23.7 Å². The van der Waals surface area contributed by atoms with E-state index < -0.39 is 5.51 Å². The van der Waals surface area contributed by atoms with Crippen LogP contribution >= 0.6 is 11.8 Å². The maximum absolute atomic E-state index is 12.2. The highest BCUT2D eigenvalue weighted by atomic mass is 32.2. The summed E-state index contributed by atoms with van der Waals surface area (Å²) >= 11 is -0.140. The molecule has 0 fully saturated rings. The Hall–Kier alpha value is -1.63. The third-order valence-corrected chi connectivity index (χ3v) is 3.46. The fourth-order valence-corrected chi connectivity index (χ4v) is 2.19. The Morgan fingerprint density at radius 3 is 2.21 bits per heavy atom. The van der Waals surface area contributed by atoms with Crippen molar-refractivity contribution in [2.75, 3.05) is 5.73 Å². The Balaban J connectivity index is 2.30. The molecule has 2 rings (SSSR count). The summed E-state index contributed by atoms with van der Waals surface area (Å²) in [4.78, 5) is 4.43. The molecule has 1 aromatic heterocycles. The van der Waals surface area contributed by atoms with Gasteiger partial charge in [0.15, 0.2) is 0 Å². The Morgan fingerprint density at radius 2 is 1.79 bits per heavy atom. The number of halogens is 3. The number of anilines is 1. The van der Waals surface area contributed by atoms with E-state index in [4.69, 9.17) is 5.73 Å². The summed E-state index contributed by atoms with van der Waals surface area (Å²) in [6.07, 6.45) is 0. The lowest BCUT2D eigenvalue weighted by molar-refractivity contribution is -0.0328. The predicted molar refractivity (Wildman–Crippen MR) is 69.7 cm³/mol. The van der Waals surface area contributed by atoms with Crippen molar-refractivity contribution >= 4 is 17.6 Å². The van der Waals surface area contributed by atoms with Gasteiger partial charge < -0.3 is 10.3 Å². The van der Waals surface area contributed by atoms with Gasteiger partial charge in [-0.1, -0.05) is 12.1 Å². The summed E-state index contributed by atoms with van der Waals surface area (Å²) in [6.45, 7) is 1.81. The van der Waals surface area contributed by atoms with Gasteiger partial charge in [-0.3, -0.25) is 0 Å². The first-order chi connectivity index (χ1) is 8.78. The third-order valence-electron chi connectivity index (χ3n) is 2.72. The molecular weight excluding hydrogens is 275 g/mol. The Bertz CT molecular complexity index is 588. The van der Waals surface area contributed by atoms with Crippen LogP contribution in [-0.2, 0) is 7.05 Å². The Labute approximate surface area is 112 Å². The zero-order chi connectivity index (χ0) is 14.2. The van der Waals surface area contributed by atoms with Crippen molar-refractivity contribution in [3.63, 3.8) is 0 Å². The molecule has 0 aliphatic heterocycles. The monoisotopic (exact) mass is 287 g/mol. The van der Waals surface area contributed by atoms with Crippen LogP contribution in [0, 0.1) is 6.92 Å². The number of nitrogen functional groups attached to an aromatic ring is 1. The molecule has 7 heteroatoms. The lowest BCUT2D eigenvalue weighted by Gasteiger charge is -2.06. The number of imidazole rings is 1. The Kier molecular flexibility index (Phi) is 3.49. The summed E-state index contributed by atoms with van der Waals surface area (Å²) in [5.41, 5.74) is 2.90. The molecule has 1 heterocycles. The molecule has 2 aromatic rings. The van der Waals surface area contributed by atoms with Crippen molar-refractivity contribution < 1.29 is 13.2 Å². The summed E-state index contributed by atoms with van der Waals surface area (Å²) in [5.74, 6) is 1.25. The van der Waals surface area contributed by atoms with E-state index in [0.717, 1.165) is 5.82 Å². The molecule has 19 heavy (non-hydrogen) atoms. The van der Waals surface area contributed by atoms with E-state index in [9.17, 15) is 13.2 Å². The van der Waals surface area contributed by atoms with Crippen LogP contribution in [0.1, 0.15) is 5.82 Å². The number of aryl methyl sites for hydroxylation is 1. The molecule has 0 aliphatic carbocycles. The van der Waals surface area contributed by atoms with Gasteiger partial charge in [-0.15, -0.1) is 0 Å². The van der Waals surface area contributed by atoms with Gasteiger partial charge in [0.05, 0.1) is 0 Å². The first-order valence-corrected chi connectivity index (χ1v) is 6.24. The molecule has 0 spiro atoms. The van der Waals surface area contributed by atoms with Crippen molar-refractivity contribution in [2.24, 2.45) is 7.05 Å². The topological polar surface area (TPSA) is 43.8 Å². The highest BCUT2D eigenvalue weighted by Crippen LogP contribution is 2.37. The number of aromatic nitrogens is 2. The second-order valence-corrected chi connectivity index (χ2v) is 5.16. The largest absolute Gasteiger partial charge is 0.446 e. The smallest absolute Gasteiger partial charge is 0.383 e. The molecule has 0 aliphatic rings. The summed E-state index contributed by atoms with van der Waals surface area (Å²) in [7, 11) is 1.79. The predicted octanol–water partition coefficient (Wildman–Crippen LogP) is 3.59. The van der Waals surface area contributed by atoms with E-state index in [2.05, 4.69) is 4.98 Å². The number of hydrogen-bond acceptors (Lipinski definition) is 3. The molecular formula is C12H12F3N3S. The Morgan fingerprint density at radius 1 is 1.21 bits per heavy atom. The van der Waals surface area contributed by atoms with Crippen LogP contribution in [-0.4, -0.2) is 15.1 Å². The third kappa shape index (κ3) is 3.04. The van der Waals surface area contributed by atoms with Gasteiger partial charge in [-0.05, 0) is 30.8 Å². The highest BCUT2D eigenvalue weighted by molar-refractivity contribution is 8.00. The average molecular weight is 287 g/mol. The number of nitrogens with zero attached hydrogens (tertiary/aromatic N) is 2. The van der Waals surface area contributed by atoms with Crippen LogP contribution in [0.4, 0.5) is 19.0 Å². The van der Waals surface area contributed by atoms with Crippen LogP contribution < -0.4 is 5.73 Å². The lowest BCUT2D eigenvalue weighted by Crippen LogP contribution is -1.99. The van der Waals surface area contributed by atoms with E-state index >= 15 is 0 Å². The van der Waals surface area contributed by atoms with Gasteiger partial charge in [0.25, 0.3) is 0 Å². The van der Waals surface area contributed by atoms with Crippen LogP contribution in [0.25, 0.3) is 11.3 Å². The van der Waals surface area contributed by atoms with E-state index in [1.807, 2.05) is 6.92 Å². The zero-order valence-corrected chi connectivity index (χ0v) is 11.1. The zero-order valence-electron chi connectivity index (χ0n) is 10.3. The summed E-state index contributed by atoms with van der Waals surface area (Å²) in [6, 6.07) is 6.01. The highest BCUT2D eigenvalue weighted by Gasteiger charge is 2.29. The molecule has 2 N–H and O–H groups in total. The number of thioether (sulfide) groups is 1. The van der Waals surface area contributed by atoms with Gasteiger partial charge in [0.1, 0.15) is 17.3 Å². The van der Waals surface area contributed by atoms with Crippen LogP contribution in [0.2, 0.25) is 0 Å². The minimum absolute atomic E-state index is 0.140. The quantitative estimate of drug-likeness (QED) is 0.858. The number of alkyl halides is 3. The van der Waals surface area contributed by atoms with Gasteiger partial charge in [-0.25, -0.2) is 4.98 Å². The molecule has 102 valence electrons. The molecule has 3 nitrogen and oxygen atoms in total. The molecule has 0 atom stereocenters. The van der Waals surface area contributed by atoms with Gasteiger partial charge in [-0.2, -0.15) is 13.2 Å². The fourth-order valence-electron chi connectivity index (χ4n) is 1.65. The minimum Gasteiger partial charge on any atom is -0.383 e. The van der Waals surface area contributed by atoms with Crippen molar-refractivity contribution in [2.45, 2.75) is 17.3 Å². The SMILES string of the molecule is Cc1nc(-c2ccc(SC(F)(F)F)cc2)c(N)n1C. The van der Waals surface area contributed by atoms with Crippen molar-refractivity contribution in [1.29, 1.82) is 0 Å². The maximum atomic E-state index is 12.2. The lowest BCUT2D eigenvalue weighted by atomic mass is 10.1. The molecule has 0 unspecified atom stereocenters. The molecule has 0 saturated heterocycles. The number of rotatable bonds is 2. The number of hydrogen-bond donors (Lipinski definition) is 1. The molecule has 0 bridgehead atoms. The normalized spacial score (nSPS) is 11.8. The standard InChI is InChI=1S/C12H12F3N3S/c1-7-17-10(11(16)18(7)2)8-3-5-9(6-4-8)19-12(13,14)15/h3-6H,16H2,1-2H3. The van der Waals surface area contributed by atoms with E-state index in [0.29, 0.717) is 17.1 Å². The minimum atomic E-state index is -4.28. The van der Waals surface area contributed by atoms with Crippen LogP contribution in [0.15, 0.2) is 29.2 Å². The molecule has 0 saturated carbocycles. The van der Waals surface area contributed by atoms with Crippen LogP contribution in [0.3, 0.4) is 0 Å². The van der Waals surface area contributed by atoms with E-state index in [1.165, 1.54) is 12.1 Å². The molecule has 1 aromatic carbocycles. The fraction of sp³-hybridized carbons (Fsp3) is 0.250. The average Bonchev–Trinajstić information content (AvgIpc) is 2.56. The second kappa shape index (κ2) is 4.80. The van der Waals surface area contributed by atoms with Crippen molar-refractivity contribution in [1.82, 2.24) is 9.55 Å². The number of benzene rings is 1. The first-order valence-electron chi connectivity index (χ1n) is 5.43. The summed E-state index contributed by atoms with van der Waals surface area (Å²) < 4.78 is 38.4. The van der Waals surface area contributed by atoms with Crippen LogP contribution in [0.5, 0.6) is 0 Å².